The molecule has 0 unspecified atom stereocenters. The van der Waals surface area contributed by atoms with Crippen molar-refractivity contribution in [1.82, 2.24) is 0 Å². The summed E-state index contributed by atoms with van der Waals surface area (Å²) in [5.74, 6) is -0.162. The standard InChI is InChI=1S/C12H16O4/c1-2-15-6-7-16-11-5-3-4-10(8-11)9-12(13)14/h3-5,8H,2,6-7,9H2,1H3,(H,13,14). The molecule has 0 saturated heterocycles. The van der Waals surface area contributed by atoms with Crippen molar-refractivity contribution in [1.29, 1.82) is 0 Å². The quantitative estimate of drug-likeness (QED) is 0.716. The fourth-order valence-electron chi connectivity index (χ4n) is 1.28. The molecule has 0 radical (unpaired) electrons. The maximum atomic E-state index is 10.5. The number of carboxylic acid groups (broad SMARTS) is 1. The van der Waals surface area contributed by atoms with Crippen LogP contribution in [0, 0.1) is 0 Å². The van der Waals surface area contributed by atoms with Crippen molar-refractivity contribution in [3.8, 4) is 5.75 Å². The van der Waals surface area contributed by atoms with Crippen molar-refractivity contribution >= 4 is 5.97 Å². The molecule has 0 fully saturated rings. The Labute approximate surface area is 94.8 Å². The van der Waals surface area contributed by atoms with E-state index in [2.05, 4.69) is 0 Å². The SMILES string of the molecule is CCOCCOc1cccc(CC(=O)O)c1. The summed E-state index contributed by atoms with van der Waals surface area (Å²) in [6, 6.07) is 7.09. The molecular weight excluding hydrogens is 208 g/mol. The number of carbonyl (C=O) groups is 1. The Balaban J connectivity index is 2.44. The second-order valence-corrected chi connectivity index (χ2v) is 3.26. The van der Waals surface area contributed by atoms with Crippen LogP contribution in [0.2, 0.25) is 0 Å². The highest BCUT2D eigenvalue weighted by molar-refractivity contribution is 5.70. The lowest BCUT2D eigenvalue weighted by Gasteiger charge is -2.07. The van der Waals surface area contributed by atoms with Gasteiger partial charge in [0.05, 0.1) is 13.0 Å². The molecular formula is C12H16O4. The highest BCUT2D eigenvalue weighted by Crippen LogP contribution is 2.13. The summed E-state index contributed by atoms with van der Waals surface area (Å²) < 4.78 is 10.5. The van der Waals surface area contributed by atoms with E-state index in [1.807, 2.05) is 6.92 Å². The predicted octanol–water partition coefficient (Wildman–Crippen LogP) is 1.73. The second kappa shape index (κ2) is 6.85. The smallest absolute Gasteiger partial charge is 0.307 e. The van der Waals surface area contributed by atoms with Gasteiger partial charge in [-0.05, 0) is 24.6 Å². The summed E-state index contributed by atoms with van der Waals surface area (Å²) in [7, 11) is 0. The van der Waals surface area contributed by atoms with E-state index in [1.54, 1.807) is 24.3 Å². The van der Waals surface area contributed by atoms with Crippen LogP contribution in [-0.4, -0.2) is 30.9 Å². The molecule has 1 aromatic carbocycles. The first kappa shape index (κ1) is 12.5. The van der Waals surface area contributed by atoms with E-state index in [9.17, 15) is 4.79 Å². The number of carboxylic acids is 1. The third-order valence-corrected chi connectivity index (χ3v) is 1.95. The van der Waals surface area contributed by atoms with Crippen molar-refractivity contribution in [2.75, 3.05) is 19.8 Å². The summed E-state index contributed by atoms with van der Waals surface area (Å²) in [6.45, 7) is 3.61. The molecule has 4 nitrogen and oxygen atoms in total. The van der Waals surface area contributed by atoms with Crippen molar-refractivity contribution in [2.24, 2.45) is 0 Å². The van der Waals surface area contributed by atoms with Gasteiger partial charge in [-0.25, -0.2) is 0 Å². The minimum Gasteiger partial charge on any atom is -0.491 e. The Morgan fingerprint density at radius 3 is 2.88 bits per heavy atom. The zero-order chi connectivity index (χ0) is 11.8. The van der Waals surface area contributed by atoms with Gasteiger partial charge in [0.1, 0.15) is 12.4 Å². The van der Waals surface area contributed by atoms with Gasteiger partial charge in [0.2, 0.25) is 0 Å². The third kappa shape index (κ3) is 4.79. The first-order chi connectivity index (χ1) is 7.72. The van der Waals surface area contributed by atoms with Crippen LogP contribution in [0.5, 0.6) is 5.75 Å². The maximum Gasteiger partial charge on any atom is 0.307 e. The fourth-order valence-corrected chi connectivity index (χ4v) is 1.28. The van der Waals surface area contributed by atoms with Crippen molar-refractivity contribution in [2.45, 2.75) is 13.3 Å². The Hall–Kier alpha value is -1.55. The average molecular weight is 224 g/mol. The van der Waals surface area contributed by atoms with Gasteiger partial charge in [-0.1, -0.05) is 12.1 Å². The minimum atomic E-state index is -0.841. The molecule has 0 atom stereocenters. The van der Waals surface area contributed by atoms with Crippen molar-refractivity contribution in [3.05, 3.63) is 29.8 Å². The lowest BCUT2D eigenvalue weighted by Crippen LogP contribution is -2.06. The zero-order valence-electron chi connectivity index (χ0n) is 9.31. The molecule has 0 aromatic heterocycles. The molecule has 4 heteroatoms. The molecule has 0 aliphatic rings. The highest BCUT2D eigenvalue weighted by Gasteiger charge is 2.01. The summed E-state index contributed by atoms with van der Waals surface area (Å²) >= 11 is 0. The molecule has 16 heavy (non-hydrogen) atoms. The van der Waals surface area contributed by atoms with Gasteiger partial charge < -0.3 is 14.6 Å². The molecule has 0 bridgehead atoms. The number of rotatable bonds is 7. The van der Waals surface area contributed by atoms with Gasteiger partial charge in [0.25, 0.3) is 0 Å². The first-order valence-electron chi connectivity index (χ1n) is 5.23. The van der Waals surface area contributed by atoms with Gasteiger partial charge in [0.15, 0.2) is 0 Å². The van der Waals surface area contributed by atoms with E-state index in [1.165, 1.54) is 0 Å². The molecule has 0 heterocycles. The van der Waals surface area contributed by atoms with Gasteiger partial charge in [-0.3, -0.25) is 4.79 Å². The number of aliphatic carboxylic acids is 1. The lowest BCUT2D eigenvalue weighted by atomic mass is 10.1. The summed E-state index contributed by atoms with van der Waals surface area (Å²) in [4.78, 5) is 10.5. The summed E-state index contributed by atoms with van der Waals surface area (Å²) in [5, 5.41) is 8.64. The molecule has 1 rings (SSSR count). The van der Waals surface area contributed by atoms with Crippen molar-refractivity contribution < 1.29 is 19.4 Å². The normalized spacial score (nSPS) is 10.1. The topological polar surface area (TPSA) is 55.8 Å². The number of ether oxygens (including phenoxy) is 2. The molecule has 1 aromatic rings. The minimum absolute atomic E-state index is 0.0165. The Bertz CT molecular complexity index is 336. The number of hydrogen-bond acceptors (Lipinski definition) is 3. The predicted molar refractivity (Wildman–Crippen MR) is 59.8 cm³/mol. The fraction of sp³-hybridized carbons (Fsp3) is 0.417. The van der Waals surface area contributed by atoms with Gasteiger partial charge in [0, 0.05) is 6.61 Å². The number of hydrogen-bond donors (Lipinski definition) is 1. The van der Waals surface area contributed by atoms with E-state index < -0.39 is 5.97 Å². The van der Waals surface area contributed by atoms with Crippen LogP contribution >= 0.6 is 0 Å². The molecule has 0 amide bonds. The van der Waals surface area contributed by atoms with Gasteiger partial charge in [-0.15, -0.1) is 0 Å². The van der Waals surface area contributed by atoms with Crippen LogP contribution in [0.25, 0.3) is 0 Å². The molecule has 0 aliphatic heterocycles. The summed E-state index contributed by atoms with van der Waals surface area (Å²) in [5.41, 5.74) is 0.737. The Morgan fingerprint density at radius 1 is 1.38 bits per heavy atom. The second-order valence-electron chi connectivity index (χ2n) is 3.26. The lowest BCUT2D eigenvalue weighted by molar-refractivity contribution is -0.136. The van der Waals surface area contributed by atoms with Crippen LogP contribution in [0.4, 0.5) is 0 Å². The third-order valence-electron chi connectivity index (χ3n) is 1.95. The van der Waals surface area contributed by atoms with E-state index in [4.69, 9.17) is 14.6 Å². The van der Waals surface area contributed by atoms with Crippen LogP contribution in [-0.2, 0) is 16.0 Å². The largest absolute Gasteiger partial charge is 0.491 e. The Morgan fingerprint density at radius 2 is 2.19 bits per heavy atom. The van der Waals surface area contributed by atoms with E-state index >= 15 is 0 Å². The molecule has 88 valence electrons. The van der Waals surface area contributed by atoms with Gasteiger partial charge >= 0.3 is 5.97 Å². The van der Waals surface area contributed by atoms with E-state index in [0.717, 1.165) is 5.56 Å². The van der Waals surface area contributed by atoms with Gasteiger partial charge in [-0.2, -0.15) is 0 Å². The van der Waals surface area contributed by atoms with E-state index in [0.29, 0.717) is 25.6 Å². The molecule has 0 saturated carbocycles. The number of benzene rings is 1. The summed E-state index contributed by atoms with van der Waals surface area (Å²) in [6.07, 6.45) is 0.0165. The molecule has 0 spiro atoms. The highest BCUT2D eigenvalue weighted by atomic mass is 16.5. The average Bonchev–Trinajstić information content (AvgIpc) is 2.24. The Kier molecular flexibility index (Phi) is 5.36. The van der Waals surface area contributed by atoms with E-state index in [-0.39, 0.29) is 6.42 Å². The maximum absolute atomic E-state index is 10.5. The molecule has 0 aliphatic carbocycles. The zero-order valence-corrected chi connectivity index (χ0v) is 9.31. The van der Waals surface area contributed by atoms with Crippen molar-refractivity contribution in [3.63, 3.8) is 0 Å². The first-order valence-corrected chi connectivity index (χ1v) is 5.23. The van der Waals surface area contributed by atoms with Crippen LogP contribution in [0.15, 0.2) is 24.3 Å². The van der Waals surface area contributed by atoms with Crippen LogP contribution in [0.1, 0.15) is 12.5 Å². The monoisotopic (exact) mass is 224 g/mol. The van der Waals surface area contributed by atoms with Crippen LogP contribution < -0.4 is 4.74 Å². The molecule has 1 N–H and O–H groups in total. The van der Waals surface area contributed by atoms with Crippen LogP contribution in [0.3, 0.4) is 0 Å².